The van der Waals surface area contributed by atoms with Gasteiger partial charge in [-0.05, 0) is 57.3 Å². The molecule has 0 radical (unpaired) electrons. The number of amides is 1. The molecule has 3 N–H and O–H groups in total. The molecule has 4 rings (SSSR count). The molecule has 7 heteroatoms. The summed E-state index contributed by atoms with van der Waals surface area (Å²) in [5, 5.41) is 3.25. The van der Waals surface area contributed by atoms with Gasteiger partial charge in [0.25, 0.3) is 5.91 Å². The quantitative estimate of drug-likeness (QED) is 0.623. The average molecular weight is 412 g/mol. The molecule has 28 heavy (non-hydrogen) atoms. The number of carbonyl (C=O) groups excluding carboxylic acids is 1. The van der Waals surface area contributed by atoms with Gasteiger partial charge in [-0.1, -0.05) is 43.9 Å². The van der Waals surface area contributed by atoms with Crippen LogP contribution >= 0.6 is 11.8 Å². The number of hydrogen-bond donors (Lipinski definition) is 3. The van der Waals surface area contributed by atoms with E-state index in [-0.39, 0.29) is 29.0 Å². The summed E-state index contributed by atoms with van der Waals surface area (Å²) in [7, 11) is 0. The number of rotatable bonds is 6. The maximum absolute atomic E-state index is 12.6. The van der Waals surface area contributed by atoms with Gasteiger partial charge in [-0.3, -0.25) is 4.79 Å². The van der Waals surface area contributed by atoms with Gasteiger partial charge in [0.1, 0.15) is 11.6 Å². The van der Waals surface area contributed by atoms with Crippen molar-refractivity contribution < 1.29 is 14.3 Å². The van der Waals surface area contributed by atoms with Gasteiger partial charge in [0.2, 0.25) is 0 Å². The molecule has 4 aliphatic rings. The molecule has 4 fully saturated rings. The first-order valence-corrected chi connectivity index (χ1v) is 12.4. The Balaban J connectivity index is 1.15. The van der Waals surface area contributed by atoms with Crippen LogP contribution in [-0.4, -0.2) is 41.7 Å². The monoisotopic (exact) mass is 411 g/mol. The van der Waals surface area contributed by atoms with Gasteiger partial charge in [-0.25, -0.2) is 10.9 Å². The SMILES string of the molecule is CC(OC1CCC(C2CCCCC2)CC1)C(=O)NC1NNC(C2CCCO2)S1. The van der Waals surface area contributed by atoms with Crippen molar-refractivity contribution in [3.8, 4) is 0 Å². The maximum Gasteiger partial charge on any atom is 0.250 e. The Kier molecular flexibility index (Phi) is 7.55. The van der Waals surface area contributed by atoms with Crippen molar-refractivity contribution in [1.29, 1.82) is 0 Å². The van der Waals surface area contributed by atoms with E-state index in [2.05, 4.69) is 16.2 Å². The van der Waals surface area contributed by atoms with Crippen LogP contribution in [0.4, 0.5) is 0 Å². The van der Waals surface area contributed by atoms with Crippen LogP contribution in [-0.2, 0) is 14.3 Å². The summed E-state index contributed by atoms with van der Waals surface area (Å²) in [5.41, 5.74) is 6.27. The molecule has 2 saturated carbocycles. The molecule has 0 bridgehead atoms. The minimum absolute atomic E-state index is 0.0332. The number of thioether (sulfide) groups is 1. The lowest BCUT2D eigenvalue weighted by Crippen LogP contribution is -2.48. The smallest absolute Gasteiger partial charge is 0.250 e. The third-order valence-corrected chi connectivity index (χ3v) is 8.24. The van der Waals surface area contributed by atoms with Crippen LogP contribution < -0.4 is 16.2 Å². The molecule has 0 aromatic carbocycles. The molecule has 0 spiro atoms. The summed E-state index contributed by atoms with van der Waals surface area (Å²) in [6, 6.07) is 0. The highest BCUT2D eigenvalue weighted by molar-refractivity contribution is 8.00. The van der Waals surface area contributed by atoms with E-state index in [0.29, 0.717) is 0 Å². The van der Waals surface area contributed by atoms with Gasteiger partial charge in [-0.2, -0.15) is 0 Å². The van der Waals surface area contributed by atoms with E-state index in [1.807, 2.05) is 6.92 Å². The summed E-state index contributed by atoms with van der Waals surface area (Å²) in [6.07, 6.45) is 14.2. The zero-order valence-corrected chi connectivity index (χ0v) is 18.0. The first kappa shape index (κ1) is 20.9. The molecule has 6 nitrogen and oxygen atoms in total. The normalized spacial score (nSPS) is 38.4. The topological polar surface area (TPSA) is 71.6 Å². The van der Waals surface area contributed by atoms with E-state index < -0.39 is 6.10 Å². The van der Waals surface area contributed by atoms with E-state index in [9.17, 15) is 4.79 Å². The molecule has 4 atom stereocenters. The number of carbonyl (C=O) groups is 1. The van der Waals surface area contributed by atoms with Crippen molar-refractivity contribution >= 4 is 17.7 Å². The second-order valence-corrected chi connectivity index (χ2v) is 10.3. The van der Waals surface area contributed by atoms with Crippen molar-refractivity contribution in [3.63, 3.8) is 0 Å². The molecule has 0 aromatic rings. The van der Waals surface area contributed by atoms with Gasteiger partial charge in [0, 0.05) is 6.61 Å². The highest BCUT2D eigenvalue weighted by Crippen LogP contribution is 2.39. The fourth-order valence-electron chi connectivity index (χ4n) is 5.36. The Labute approximate surface area is 173 Å². The Morgan fingerprint density at radius 3 is 2.46 bits per heavy atom. The van der Waals surface area contributed by atoms with Crippen molar-refractivity contribution in [2.45, 2.75) is 107 Å². The number of hydrazine groups is 1. The molecule has 1 amide bonds. The van der Waals surface area contributed by atoms with Crippen LogP contribution in [0.1, 0.15) is 77.6 Å². The number of nitrogens with one attached hydrogen (secondary N) is 3. The standard InChI is InChI=1S/C21H37N3O3S/c1-14(19(25)22-21-24-23-20(28-21)18-8-5-13-26-18)27-17-11-9-16(10-12-17)15-6-3-2-4-7-15/h14-18,20-21,23-24H,2-13H2,1H3,(H,22,25). The fraction of sp³-hybridized carbons (Fsp3) is 0.952. The molecule has 2 saturated heterocycles. The van der Waals surface area contributed by atoms with E-state index in [1.165, 1.54) is 44.9 Å². The van der Waals surface area contributed by atoms with Crippen LogP contribution in [0.2, 0.25) is 0 Å². The predicted octanol–water partition coefficient (Wildman–Crippen LogP) is 3.28. The summed E-state index contributed by atoms with van der Waals surface area (Å²) >= 11 is 1.68. The Morgan fingerprint density at radius 2 is 1.75 bits per heavy atom. The molecular formula is C21H37N3O3S. The second kappa shape index (κ2) is 10.1. The summed E-state index contributed by atoms with van der Waals surface area (Å²) < 4.78 is 11.9. The summed E-state index contributed by atoms with van der Waals surface area (Å²) in [4.78, 5) is 12.6. The van der Waals surface area contributed by atoms with E-state index in [0.717, 1.165) is 44.1 Å². The van der Waals surface area contributed by atoms with Crippen molar-refractivity contribution in [2.24, 2.45) is 11.8 Å². The third kappa shape index (κ3) is 5.42. The molecule has 2 aliphatic heterocycles. The zero-order chi connectivity index (χ0) is 19.3. The summed E-state index contributed by atoms with van der Waals surface area (Å²) in [5.74, 6) is 1.81. The van der Waals surface area contributed by atoms with Gasteiger partial charge < -0.3 is 14.8 Å². The minimum Gasteiger partial charge on any atom is -0.376 e. The van der Waals surface area contributed by atoms with Crippen LogP contribution in [0.25, 0.3) is 0 Å². The van der Waals surface area contributed by atoms with Crippen LogP contribution in [0, 0.1) is 11.8 Å². The Bertz CT molecular complexity index is 503. The van der Waals surface area contributed by atoms with Crippen LogP contribution in [0.5, 0.6) is 0 Å². The molecule has 2 aliphatic carbocycles. The minimum atomic E-state index is -0.402. The molecule has 2 heterocycles. The van der Waals surface area contributed by atoms with Crippen molar-refractivity contribution in [1.82, 2.24) is 16.2 Å². The number of hydrogen-bond acceptors (Lipinski definition) is 6. The highest BCUT2D eigenvalue weighted by Gasteiger charge is 2.35. The van der Waals surface area contributed by atoms with E-state index in [4.69, 9.17) is 9.47 Å². The van der Waals surface area contributed by atoms with Crippen LogP contribution in [0.3, 0.4) is 0 Å². The molecule has 4 unspecified atom stereocenters. The predicted molar refractivity (Wildman–Crippen MR) is 111 cm³/mol. The van der Waals surface area contributed by atoms with Gasteiger partial charge >= 0.3 is 0 Å². The average Bonchev–Trinajstić information content (AvgIpc) is 3.41. The lowest BCUT2D eigenvalue weighted by atomic mass is 9.73. The largest absolute Gasteiger partial charge is 0.376 e. The zero-order valence-electron chi connectivity index (χ0n) is 17.2. The lowest BCUT2D eigenvalue weighted by Gasteiger charge is -2.36. The van der Waals surface area contributed by atoms with Crippen LogP contribution in [0.15, 0.2) is 0 Å². The molecule has 160 valence electrons. The maximum atomic E-state index is 12.6. The molecule has 0 aromatic heterocycles. The third-order valence-electron chi connectivity index (χ3n) is 7.02. The van der Waals surface area contributed by atoms with E-state index >= 15 is 0 Å². The van der Waals surface area contributed by atoms with Gasteiger partial charge in [0.05, 0.1) is 17.6 Å². The first-order chi connectivity index (χ1) is 13.7. The summed E-state index contributed by atoms with van der Waals surface area (Å²) in [6.45, 7) is 2.72. The molecular weight excluding hydrogens is 374 g/mol. The van der Waals surface area contributed by atoms with Crippen molar-refractivity contribution in [3.05, 3.63) is 0 Å². The Morgan fingerprint density at radius 1 is 1.00 bits per heavy atom. The van der Waals surface area contributed by atoms with Crippen molar-refractivity contribution in [2.75, 3.05) is 6.61 Å². The number of ether oxygens (including phenoxy) is 2. The first-order valence-electron chi connectivity index (χ1n) is 11.4. The highest BCUT2D eigenvalue weighted by atomic mass is 32.2. The van der Waals surface area contributed by atoms with E-state index in [1.54, 1.807) is 11.8 Å². The lowest BCUT2D eigenvalue weighted by molar-refractivity contribution is -0.137. The second-order valence-electron chi connectivity index (χ2n) is 9.00. The van der Waals surface area contributed by atoms with Gasteiger partial charge in [0.15, 0.2) is 0 Å². The fourth-order valence-corrected chi connectivity index (χ4v) is 6.50. The van der Waals surface area contributed by atoms with Gasteiger partial charge in [-0.15, -0.1) is 0 Å². The Hall–Kier alpha value is -0.340.